The molecular weight excluding hydrogens is 252 g/mol. The van der Waals surface area contributed by atoms with E-state index in [9.17, 15) is 10.3 Å². The fourth-order valence-electron chi connectivity index (χ4n) is 3.50. The van der Waals surface area contributed by atoms with Gasteiger partial charge < -0.3 is 5.53 Å². The second kappa shape index (κ2) is 6.15. The van der Waals surface area contributed by atoms with Crippen molar-refractivity contribution in [1.29, 1.82) is 0 Å². The van der Waals surface area contributed by atoms with Crippen molar-refractivity contribution >= 4 is 19.2 Å². The van der Waals surface area contributed by atoms with Crippen LogP contribution in [0.25, 0.3) is 5.53 Å². The molecule has 0 saturated carbocycles. The maximum absolute atomic E-state index is 12.7. The second-order valence-corrected chi connectivity index (χ2v) is 13.2. The first kappa shape index (κ1) is 18.3. The molecule has 0 unspecified atom stereocenters. The van der Waals surface area contributed by atoms with Crippen LogP contribution in [0.2, 0.25) is 16.6 Å². The molecule has 0 radical (unpaired) electrons. The molecule has 0 aromatic heterocycles. The van der Waals surface area contributed by atoms with Crippen LogP contribution in [-0.2, 0) is 4.79 Å². The number of nitrogens with zero attached hydrogens (tertiary/aromatic N) is 2. The maximum Gasteiger partial charge on any atom is 0.302 e. The lowest BCUT2D eigenvalue weighted by Gasteiger charge is -2.38. The number of ketones is 1. The zero-order valence-corrected chi connectivity index (χ0v) is 15.0. The second-order valence-electron chi connectivity index (χ2n) is 7.42. The molecule has 0 amide bonds. The minimum atomic E-state index is -2.18. The largest absolute Gasteiger partial charge is 0.362 e. The van der Waals surface area contributed by atoms with Gasteiger partial charge in [0.1, 0.15) is 0 Å². The topological polar surface area (TPSA) is 53.5 Å². The average Bonchev–Trinajstić information content (AvgIpc) is 2.21. The summed E-state index contributed by atoms with van der Waals surface area (Å²) in [5.74, 6) is -0.00207. The van der Waals surface area contributed by atoms with Gasteiger partial charge in [-0.05, 0) is 16.6 Å². The smallest absolute Gasteiger partial charge is 0.302 e. The summed E-state index contributed by atoms with van der Waals surface area (Å²) in [4.78, 5) is 16.2. The van der Waals surface area contributed by atoms with E-state index in [0.29, 0.717) is 22.0 Å². The van der Waals surface area contributed by atoms with Gasteiger partial charge in [0.15, 0.2) is 0 Å². The van der Waals surface area contributed by atoms with Gasteiger partial charge in [-0.15, -0.1) is 0 Å². The third-order valence-electron chi connectivity index (χ3n) is 4.27. The van der Waals surface area contributed by atoms with E-state index < -0.39 is 13.5 Å². The SMILES string of the molecule is CC(C)[Si](C(=[N+]=[N-])C(=O)C(C)(C)C)(C(C)C)C(C)C. The van der Waals surface area contributed by atoms with Crippen LogP contribution in [-0.4, -0.2) is 24.0 Å². The first-order chi connectivity index (χ1) is 8.43. The predicted molar refractivity (Wildman–Crippen MR) is 84.1 cm³/mol. The molecule has 0 atom stereocenters. The Morgan fingerprint density at radius 1 is 0.947 bits per heavy atom. The summed E-state index contributed by atoms with van der Waals surface area (Å²) in [6.07, 6.45) is 0. The van der Waals surface area contributed by atoms with Crippen LogP contribution in [0, 0.1) is 5.41 Å². The minimum absolute atomic E-state index is 0.00207. The Labute approximate surface area is 119 Å². The number of rotatable bonds is 5. The van der Waals surface area contributed by atoms with Crippen LogP contribution in [0.15, 0.2) is 0 Å². The van der Waals surface area contributed by atoms with Crippen LogP contribution >= 0.6 is 0 Å². The van der Waals surface area contributed by atoms with Gasteiger partial charge in [0.25, 0.3) is 0 Å². The van der Waals surface area contributed by atoms with Crippen molar-refractivity contribution in [3.05, 3.63) is 5.53 Å². The Hall–Kier alpha value is -0.733. The summed E-state index contributed by atoms with van der Waals surface area (Å²) >= 11 is 0. The Morgan fingerprint density at radius 2 is 1.26 bits per heavy atom. The highest BCUT2D eigenvalue weighted by atomic mass is 28.3. The van der Waals surface area contributed by atoms with Crippen LogP contribution in [0.4, 0.5) is 0 Å². The third kappa shape index (κ3) is 3.24. The van der Waals surface area contributed by atoms with E-state index in [2.05, 4.69) is 46.3 Å². The third-order valence-corrected chi connectivity index (χ3v) is 11.2. The molecular formula is C15H30N2OSi. The van der Waals surface area contributed by atoms with Gasteiger partial charge >= 0.3 is 5.33 Å². The molecule has 0 aliphatic carbocycles. The quantitative estimate of drug-likeness (QED) is 0.317. The van der Waals surface area contributed by atoms with E-state index >= 15 is 0 Å². The molecule has 0 aliphatic rings. The van der Waals surface area contributed by atoms with Crippen LogP contribution in [0.3, 0.4) is 0 Å². The molecule has 0 rings (SSSR count). The highest BCUT2D eigenvalue weighted by molar-refractivity contribution is 7.16. The number of carbonyl (C=O) groups is 1. The number of hydrogen-bond donors (Lipinski definition) is 0. The summed E-state index contributed by atoms with van der Waals surface area (Å²) in [5.41, 5.74) is 10.1. The first-order valence-corrected chi connectivity index (χ1v) is 9.44. The van der Waals surface area contributed by atoms with Gasteiger partial charge in [-0.2, -0.15) is 4.79 Å². The molecule has 0 fully saturated rings. The first-order valence-electron chi connectivity index (χ1n) is 7.21. The summed E-state index contributed by atoms with van der Waals surface area (Å²) in [6, 6.07) is 0. The summed E-state index contributed by atoms with van der Waals surface area (Å²) in [6.45, 7) is 18.6. The lowest BCUT2D eigenvalue weighted by molar-refractivity contribution is -0.123. The molecule has 0 aromatic carbocycles. The Morgan fingerprint density at radius 3 is 1.42 bits per heavy atom. The summed E-state index contributed by atoms with van der Waals surface area (Å²) in [5, 5.41) is 0.472. The fourth-order valence-corrected chi connectivity index (χ4v) is 10.1. The van der Waals surface area contributed by atoms with E-state index in [1.807, 2.05) is 20.8 Å². The van der Waals surface area contributed by atoms with Gasteiger partial charge in [0, 0.05) is 5.41 Å². The fraction of sp³-hybridized carbons (Fsp3) is 0.867. The zero-order valence-electron chi connectivity index (χ0n) is 14.0. The molecule has 110 valence electrons. The van der Waals surface area contributed by atoms with Gasteiger partial charge in [0.05, 0.1) is 0 Å². The Balaban J connectivity index is 6.15. The summed E-state index contributed by atoms with van der Waals surface area (Å²) < 4.78 is 0. The van der Waals surface area contributed by atoms with Crippen molar-refractivity contribution in [3.63, 3.8) is 0 Å². The molecule has 0 saturated heterocycles. The predicted octanol–water partition coefficient (Wildman–Crippen LogP) is 4.49. The van der Waals surface area contributed by atoms with Crippen molar-refractivity contribution in [2.24, 2.45) is 5.41 Å². The molecule has 3 nitrogen and oxygen atoms in total. The molecule has 0 spiro atoms. The Bertz CT molecular complexity index is 364. The number of hydrogen-bond acceptors (Lipinski definition) is 1. The molecule has 19 heavy (non-hydrogen) atoms. The molecule has 0 heterocycles. The lowest BCUT2D eigenvalue weighted by Crippen LogP contribution is -2.58. The zero-order chi connectivity index (χ0) is 15.6. The lowest BCUT2D eigenvalue weighted by atomic mass is 9.91. The van der Waals surface area contributed by atoms with Gasteiger partial charge in [0.2, 0.25) is 13.9 Å². The van der Waals surface area contributed by atoms with Crippen LogP contribution in [0.1, 0.15) is 62.3 Å². The van der Waals surface area contributed by atoms with Gasteiger partial charge in [-0.1, -0.05) is 62.3 Å². The van der Waals surface area contributed by atoms with E-state index in [1.54, 1.807) is 0 Å². The van der Waals surface area contributed by atoms with Crippen molar-refractivity contribution in [1.82, 2.24) is 0 Å². The van der Waals surface area contributed by atoms with E-state index in [-0.39, 0.29) is 5.78 Å². The van der Waals surface area contributed by atoms with Crippen molar-refractivity contribution in [2.75, 3.05) is 0 Å². The monoisotopic (exact) mass is 282 g/mol. The van der Waals surface area contributed by atoms with Crippen LogP contribution < -0.4 is 0 Å². The standard InChI is InChI=1S/C15H30N2OSi/c1-10(2)19(11(3)4,12(5)6)14(17-16)13(18)15(7,8)9/h10-12H,1-9H3. The van der Waals surface area contributed by atoms with Gasteiger partial charge in [-0.25, -0.2) is 0 Å². The molecule has 0 bridgehead atoms. The molecule has 0 N–H and O–H groups in total. The van der Waals surface area contributed by atoms with Crippen molar-refractivity contribution in [2.45, 2.75) is 78.9 Å². The van der Waals surface area contributed by atoms with Crippen molar-refractivity contribution < 1.29 is 9.58 Å². The number of carbonyl (C=O) groups excluding carboxylic acids is 1. The van der Waals surface area contributed by atoms with E-state index in [1.165, 1.54) is 0 Å². The van der Waals surface area contributed by atoms with Gasteiger partial charge in [-0.3, -0.25) is 4.79 Å². The normalized spacial score (nSPS) is 13.1. The number of Topliss-reactive ketones (excluding diaryl/α,β-unsaturated/α-hetero) is 1. The van der Waals surface area contributed by atoms with Crippen LogP contribution in [0.5, 0.6) is 0 Å². The molecule has 0 aromatic rings. The van der Waals surface area contributed by atoms with Crippen molar-refractivity contribution in [3.8, 4) is 0 Å². The highest BCUT2D eigenvalue weighted by Gasteiger charge is 2.57. The Kier molecular flexibility index (Phi) is 5.91. The highest BCUT2D eigenvalue weighted by Crippen LogP contribution is 2.43. The van der Waals surface area contributed by atoms with E-state index in [4.69, 9.17) is 0 Å². The maximum atomic E-state index is 12.7. The minimum Gasteiger partial charge on any atom is -0.362 e. The average molecular weight is 283 g/mol. The molecule has 4 heteroatoms. The summed E-state index contributed by atoms with van der Waals surface area (Å²) in [7, 11) is -2.18. The van der Waals surface area contributed by atoms with E-state index in [0.717, 1.165) is 0 Å². The molecule has 0 aliphatic heterocycles.